The molecule has 1 fully saturated rings. The van der Waals surface area contributed by atoms with E-state index in [9.17, 15) is 14.7 Å². The number of aryl methyl sites for hydroxylation is 1. The van der Waals surface area contributed by atoms with Crippen molar-refractivity contribution in [2.75, 3.05) is 19.8 Å². The van der Waals surface area contributed by atoms with Gasteiger partial charge in [0.15, 0.2) is 0 Å². The number of aromatic nitrogens is 2. The van der Waals surface area contributed by atoms with Crippen LogP contribution < -0.4 is 5.56 Å². The molecule has 0 aromatic carbocycles. The second-order valence-corrected chi connectivity index (χ2v) is 8.68. The zero-order chi connectivity index (χ0) is 21.1. The van der Waals surface area contributed by atoms with Crippen LogP contribution in [0.2, 0.25) is 0 Å². The lowest BCUT2D eigenvalue weighted by Crippen LogP contribution is -2.37. The summed E-state index contributed by atoms with van der Waals surface area (Å²) < 4.78 is 10.6. The zero-order valence-electron chi connectivity index (χ0n) is 17.4. The molecule has 2 aromatic rings. The van der Waals surface area contributed by atoms with E-state index in [1.807, 2.05) is 6.92 Å². The molecule has 2 N–H and O–H groups in total. The Morgan fingerprint density at radius 3 is 2.76 bits per heavy atom. The smallest absolute Gasteiger partial charge is 0.348 e. The largest absolute Gasteiger partial charge is 0.459 e. The van der Waals surface area contributed by atoms with E-state index < -0.39 is 12.1 Å². The Kier molecular flexibility index (Phi) is 7.05. The molecule has 1 aliphatic carbocycles. The van der Waals surface area contributed by atoms with Crippen molar-refractivity contribution in [2.24, 2.45) is 0 Å². The van der Waals surface area contributed by atoms with E-state index in [-0.39, 0.29) is 18.3 Å². The number of nitrogens with one attached hydrogen (secondary N) is 1. The van der Waals surface area contributed by atoms with Gasteiger partial charge in [-0.3, -0.25) is 9.69 Å². The minimum Gasteiger partial charge on any atom is -0.459 e. The Bertz CT molecular complexity index is 919. The van der Waals surface area contributed by atoms with E-state index >= 15 is 0 Å². The lowest BCUT2D eigenvalue weighted by Gasteiger charge is -2.24. The number of esters is 1. The first kappa shape index (κ1) is 21.9. The fourth-order valence-electron chi connectivity index (χ4n) is 3.28. The number of H-pyrrole nitrogens is 1. The first-order chi connectivity index (χ1) is 13.8. The number of nitrogens with zero attached hydrogens (tertiary/aromatic N) is 2. The molecular formula is C20H29N3O5S. The van der Waals surface area contributed by atoms with Crippen molar-refractivity contribution in [1.29, 1.82) is 0 Å². The van der Waals surface area contributed by atoms with E-state index in [1.54, 1.807) is 20.8 Å². The van der Waals surface area contributed by atoms with Crippen LogP contribution in [0.1, 0.15) is 54.7 Å². The molecule has 1 saturated carbocycles. The molecule has 8 nitrogen and oxygen atoms in total. The Morgan fingerprint density at radius 1 is 1.41 bits per heavy atom. The highest BCUT2D eigenvalue weighted by atomic mass is 32.1. The fraction of sp³-hybridized carbons (Fsp3) is 0.650. The van der Waals surface area contributed by atoms with Crippen LogP contribution in [0, 0.1) is 6.92 Å². The second-order valence-electron chi connectivity index (χ2n) is 7.68. The van der Waals surface area contributed by atoms with E-state index in [4.69, 9.17) is 9.47 Å². The number of fused-ring (bicyclic) bond motifs is 1. The molecule has 1 atom stereocenters. The standard InChI is InChI=1S/C20H29N3O5S/c1-5-27-10-14(24)8-23(13-6-7-13)9-15-21-18(25)16-12(4)17(29-19(16)22-15)20(26)28-11(2)3/h11,13-14,24H,5-10H2,1-4H3,(H,21,22,25). The van der Waals surface area contributed by atoms with Crippen molar-refractivity contribution in [3.63, 3.8) is 0 Å². The quantitative estimate of drug-likeness (QED) is 0.565. The van der Waals surface area contributed by atoms with Gasteiger partial charge < -0.3 is 19.6 Å². The highest BCUT2D eigenvalue weighted by molar-refractivity contribution is 7.20. The van der Waals surface area contributed by atoms with Crippen LogP contribution in [0.3, 0.4) is 0 Å². The third-order valence-electron chi connectivity index (χ3n) is 4.75. The number of aromatic amines is 1. The maximum Gasteiger partial charge on any atom is 0.348 e. The minimum atomic E-state index is -0.590. The molecule has 1 unspecified atom stereocenters. The van der Waals surface area contributed by atoms with E-state index in [2.05, 4.69) is 14.9 Å². The number of rotatable bonds is 10. The minimum absolute atomic E-state index is 0.232. The average molecular weight is 424 g/mol. The summed E-state index contributed by atoms with van der Waals surface area (Å²) in [4.78, 5) is 35.5. The van der Waals surface area contributed by atoms with Crippen LogP contribution in [0.15, 0.2) is 4.79 Å². The molecule has 0 amide bonds. The van der Waals surface area contributed by atoms with Gasteiger partial charge in [-0.25, -0.2) is 9.78 Å². The van der Waals surface area contributed by atoms with Gasteiger partial charge in [-0.1, -0.05) is 0 Å². The number of aliphatic hydroxyl groups is 1. The molecule has 0 radical (unpaired) electrons. The molecule has 0 aliphatic heterocycles. The van der Waals surface area contributed by atoms with Crippen LogP contribution in [-0.2, 0) is 16.0 Å². The van der Waals surface area contributed by atoms with Crippen LogP contribution in [0.25, 0.3) is 10.2 Å². The molecule has 2 aromatic heterocycles. The summed E-state index contributed by atoms with van der Waals surface area (Å²) in [5.41, 5.74) is 0.343. The molecule has 1 aliphatic rings. The van der Waals surface area contributed by atoms with E-state index in [0.29, 0.717) is 52.2 Å². The molecule has 0 spiro atoms. The Morgan fingerprint density at radius 2 is 2.14 bits per heavy atom. The molecule has 160 valence electrons. The molecule has 3 rings (SSSR count). The highest BCUT2D eigenvalue weighted by Gasteiger charge is 2.31. The topological polar surface area (TPSA) is 105 Å². The molecule has 0 bridgehead atoms. The van der Waals surface area contributed by atoms with Crippen LogP contribution >= 0.6 is 11.3 Å². The zero-order valence-corrected chi connectivity index (χ0v) is 18.2. The second kappa shape index (κ2) is 9.34. The lowest BCUT2D eigenvalue weighted by molar-refractivity contribution is 0.0174. The van der Waals surface area contributed by atoms with Gasteiger partial charge in [0.25, 0.3) is 5.56 Å². The summed E-state index contributed by atoms with van der Waals surface area (Å²) in [5, 5.41) is 10.6. The van der Waals surface area contributed by atoms with Crippen molar-refractivity contribution < 1.29 is 19.4 Å². The summed E-state index contributed by atoms with van der Waals surface area (Å²) in [6, 6.07) is 0.383. The fourth-order valence-corrected chi connectivity index (χ4v) is 4.36. The Balaban J connectivity index is 1.82. The van der Waals surface area contributed by atoms with E-state index in [0.717, 1.165) is 12.8 Å². The summed E-state index contributed by atoms with van der Waals surface area (Å²) in [5.74, 6) is 0.100. The molecule has 29 heavy (non-hydrogen) atoms. The monoisotopic (exact) mass is 423 g/mol. The molecule has 2 heterocycles. The maximum absolute atomic E-state index is 12.7. The van der Waals surface area contributed by atoms with Gasteiger partial charge in [0.1, 0.15) is 15.5 Å². The van der Waals surface area contributed by atoms with Crippen molar-refractivity contribution >= 4 is 27.5 Å². The average Bonchev–Trinajstić information content (AvgIpc) is 3.42. The summed E-state index contributed by atoms with van der Waals surface area (Å²) in [7, 11) is 0. The van der Waals surface area contributed by atoms with Gasteiger partial charge in [-0.15, -0.1) is 11.3 Å². The number of aliphatic hydroxyl groups excluding tert-OH is 1. The van der Waals surface area contributed by atoms with Crippen LogP contribution in [0.4, 0.5) is 0 Å². The number of hydrogen-bond donors (Lipinski definition) is 2. The molecule has 0 saturated heterocycles. The SMILES string of the molecule is CCOCC(O)CN(Cc1nc2sc(C(=O)OC(C)C)c(C)c2c(=O)[nH]1)C1CC1. The number of carbonyl (C=O) groups excluding carboxylic acids is 1. The summed E-state index contributed by atoms with van der Waals surface area (Å²) >= 11 is 1.18. The maximum atomic E-state index is 12.7. The first-order valence-corrected chi connectivity index (χ1v) is 10.8. The van der Waals surface area contributed by atoms with Crippen molar-refractivity contribution in [1.82, 2.24) is 14.9 Å². The number of ether oxygens (including phenoxy) is 2. The number of thiophene rings is 1. The van der Waals surface area contributed by atoms with Crippen molar-refractivity contribution in [2.45, 2.75) is 65.3 Å². The summed E-state index contributed by atoms with van der Waals surface area (Å²) in [6.45, 7) is 8.95. The van der Waals surface area contributed by atoms with Gasteiger partial charge in [0.05, 0.1) is 30.7 Å². The predicted octanol–water partition coefficient (Wildman–Crippen LogP) is 2.22. The first-order valence-electron chi connectivity index (χ1n) is 10.0. The molecular weight excluding hydrogens is 394 g/mol. The van der Waals surface area contributed by atoms with Gasteiger partial charge in [-0.2, -0.15) is 0 Å². The lowest BCUT2D eigenvalue weighted by atomic mass is 10.2. The summed E-state index contributed by atoms with van der Waals surface area (Å²) in [6.07, 6.45) is 1.31. The van der Waals surface area contributed by atoms with Crippen molar-refractivity contribution in [3.05, 3.63) is 26.6 Å². The predicted molar refractivity (Wildman–Crippen MR) is 111 cm³/mol. The number of hydrogen-bond acceptors (Lipinski definition) is 8. The van der Waals surface area contributed by atoms with Gasteiger partial charge >= 0.3 is 5.97 Å². The molecule has 9 heteroatoms. The highest BCUT2D eigenvalue weighted by Crippen LogP contribution is 2.30. The van der Waals surface area contributed by atoms with Gasteiger partial charge in [-0.05, 0) is 46.1 Å². The Labute approximate surface area is 173 Å². The van der Waals surface area contributed by atoms with Crippen molar-refractivity contribution in [3.8, 4) is 0 Å². The normalized spacial score (nSPS) is 15.4. The van der Waals surface area contributed by atoms with Gasteiger partial charge in [0, 0.05) is 19.2 Å². The third kappa shape index (κ3) is 5.42. The third-order valence-corrected chi connectivity index (χ3v) is 5.92. The van der Waals surface area contributed by atoms with Gasteiger partial charge in [0.2, 0.25) is 0 Å². The Hall–Kier alpha value is -1.81. The van der Waals surface area contributed by atoms with Crippen LogP contribution in [-0.4, -0.2) is 64.0 Å². The van der Waals surface area contributed by atoms with Crippen LogP contribution in [0.5, 0.6) is 0 Å². The number of carbonyl (C=O) groups is 1. The van der Waals surface area contributed by atoms with E-state index in [1.165, 1.54) is 11.3 Å².